The Morgan fingerprint density at radius 1 is 0.780 bits per heavy atom. The molecule has 1 atom stereocenters. The summed E-state index contributed by atoms with van der Waals surface area (Å²) in [5, 5.41) is 20.6. The summed E-state index contributed by atoms with van der Waals surface area (Å²) < 4.78 is 142. The van der Waals surface area contributed by atoms with Gasteiger partial charge in [-0.15, -0.1) is 0 Å². The van der Waals surface area contributed by atoms with E-state index < -0.39 is 65.6 Å². The van der Waals surface area contributed by atoms with E-state index in [1.807, 2.05) is 0 Å². The summed E-state index contributed by atoms with van der Waals surface area (Å²) in [6.45, 7) is 0. The number of halogens is 11. The van der Waals surface area contributed by atoms with E-state index in [0.717, 1.165) is 6.07 Å². The van der Waals surface area contributed by atoms with Crippen LogP contribution in [0.1, 0.15) is 75.3 Å². The minimum atomic E-state index is -5.56. The number of hydrogen-bond donors (Lipinski definition) is 2. The molecular formula is C25H29F11N2O2S. The van der Waals surface area contributed by atoms with E-state index in [0.29, 0.717) is 50.0 Å². The summed E-state index contributed by atoms with van der Waals surface area (Å²) in [5.41, 5.74) is -6.80. The normalized spacial score (nSPS) is 14.4. The highest BCUT2D eigenvalue weighted by Crippen LogP contribution is 2.39. The van der Waals surface area contributed by atoms with Crippen molar-refractivity contribution in [2.24, 2.45) is 0 Å². The first kappa shape index (κ1) is 36.7. The van der Waals surface area contributed by atoms with Gasteiger partial charge in [0.2, 0.25) is 5.60 Å². The Balaban J connectivity index is 2.41. The van der Waals surface area contributed by atoms with E-state index in [-0.39, 0.29) is 25.0 Å². The van der Waals surface area contributed by atoms with Crippen LogP contribution in [0.25, 0.3) is 0 Å². The fourth-order valence-electron chi connectivity index (χ4n) is 3.68. The molecule has 1 aromatic carbocycles. The topological polar surface area (TPSA) is 73.1 Å². The molecule has 234 valence electrons. The van der Waals surface area contributed by atoms with Gasteiger partial charge in [0.1, 0.15) is 0 Å². The summed E-state index contributed by atoms with van der Waals surface area (Å²) >= 11 is 1.25. The van der Waals surface area contributed by atoms with Gasteiger partial charge in [-0.25, -0.2) is 0 Å². The van der Waals surface area contributed by atoms with Crippen LogP contribution in [0.5, 0.6) is 0 Å². The van der Waals surface area contributed by atoms with E-state index in [1.54, 1.807) is 5.32 Å². The first-order valence-corrected chi connectivity index (χ1v) is 13.7. The van der Waals surface area contributed by atoms with E-state index in [4.69, 9.17) is 5.26 Å². The molecule has 1 unspecified atom stereocenters. The van der Waals surface area contributed by atoms with Gasteiger partial charge in [-0.3, -0.25) is 4.79 Å². The Hall–Kier alpha value is -2.28. The average molecular weight is 631 g/mol. The predicted octanol–water partition coefficient (Wildman–Crippen LogP) is 8.64. The van der Waals surface area contributed by atoms with Crippen molar-refractivity contribution in [3.63, 3.8) is 0 Å². The van der Waals surface area contributed by atoms with Crippen LogP contribution >= 0.6 is 11.8 Å². The van der Waals surface area contributed by atoms with Gasteiger partial charge in [0.15, 0.2) is 0 Å². The number of nitrogens with one attached hydrogen (secondary N) is 1. The van der Waals surface area contributed by atoms with Gasteiger partial charge >= 0.3 is 24.5 Å². The van der Waals surface area contributed by atoms with Gasteiger partial charge in [0.25, 0.3) is 5.91 Å². The molecule has 2 N–H and O–H groups in total. The molecule has 1 aromatic rings. The zero-order chi connectivity index (χ0) is 31.5. The monoisotopic (exact) mass is 630 g/mol. The quantitative estimate of drug-likeness (QED) is 0.142. The fourth-order valence-corrected chi connectivity index (χ4v) is 4.64. The molecular weight excluding hydrogens is 601 g/mol. The Morgan fingerprint density at radius 2 is 1.32 bits per heavy atom. The summed E-state index contributed by atoms with van der Waals surface area (Å²) in [4.78, 5) is 12.3. The molecule has 0 saturated heterocycles. The summed E-state index contributed by atoms with van der Waals surface area (Å²) in [7, 11) is 0. The number of alkyl halides is 11. The number of anilines is 1. The lowest BCUT2D eigenvalue weighted by atomic mass is 9.93. The summed E-state index contributed by atoms with van der Waals surface area (Å²) in [6.07, 6.45) is -15.5. The molecule has 0 aliphatic rings. The molecule has 0 radical (unpaired) electrons. The number of carbonyl (C=O) groups is 1. The number of hydrogen-bond acceptors (Lipinski definition) is 4. The van der Waals surface area contributed by atoms with Crippen LogP contribution in [0.4, 0.5) is 54.0 Å². The minimum Gasteiger partial charge on any atom is -0.373 e. The second kappa shape index (κ2) is 15.3. The Labute approximate surface area is 233 Å². The second-order valence-electron chi connectivity index (χ2n) is 9.33. The van der Waals surface area contributed by atoms with Crippen molar-refractivity contribution in [2.45, 2.75) is 94.3 Å². The molecule has 16 heteroatoms. The smallest absolute Gasteiger partial charge is 0.373 e. The van der Waals surface area contributed by atoms with Crippen molar-refractivity contribution in [2.75, 3.05) is 16.8 Å². The number of unbranched alkanes of at least 4 members (excludes halogenated alkanes) is 6. The van der Waals surface area contributed by atoms with Crippen LogP contribution in [-0.4, -0.2) is 46.4 Å². The molecule has 41 heavy (non-hydrogen) atoms. The molecule has 0 fully saturated rings. The lowest BCUT2D eigenvalue weighted by Gasteiger charge is -2.29. The average Bonchev–Trinajstić information content (AvgIpc) is 2.84. The van der Waals surface area contributed by atoms with Crippen LogP contribution in [0, 0.1) is 11.3 Å². The number of nitrogens with zero attached hydrogens (tertiary/aromatic N) is 1. The molecule has 0 saturated carbocycles. The van der Waals surface area contributed by atoms with Crippen molar-refractivity contribution in [3.05, 3.63) is 29.3 Å². The first-order chi connectivity index (χ1) is 18.8. The maximum absolute atomic E-state index is 13.6. The maximum Gasteiger partial charge on any atom is 0.453 e. The van der Waals surface area contributed by atoms with Gasteiger partial charge < -0.3 is 10.4 Å². The number of rotatable bonds is 16. The summed E-state index contributed by atoms with van der Waals surface area (Å²) in [6, 6.07) is 3.10. The number of benzene rings is 1. The highest BCUT2D eigenvalue weighted by Gasteiger charge is 2.59. The van der Waals surface area contributed by atoms with Gasteiger partial charge in [0.05, 0.1) is 17.2 Å². The van der Waals surface area contributed by atoms with Gasteiger partial charge in [0, 0.05) is 12.1 Å². The van der Waals surface area contributed by atoms with Crippen molar-refractivity contribution < 1.29 is 58.2 Å². The van der Waals surface area contributed by atoms with Crippen LogP contribution in [0.2, 0.25) is 0 Å². The van der Waals surface area contributed by atoms with E-state index in [2.05, 4.69) is 0 Å². The lowest BCUT2D eigenvalue weighted by molar-refractivity contribution is -0.284. The molecule has 0 aliphatic heterocycles. The van der Waals surface area contributed by atoms with Gasteiger partial charge in [-0.2, -0.15) is 65.3 Å². The third kappa shape index (κ3) is 11.5. The zero-order valence-electron chi connectivity index (χ0n) is 21.6. The third-order valence-electron chi connectivity index (χ3n) is 6.07. The SMILES string of the molecule is N#Cc1ccc(NC(=O)C(O)(CCCCCCCCCSCCCC(F)(F)C(F)(F)F)C(F)(F)F)cc1C(F)(F)F. The molecule has 0 aromatic heterocycles. The maximum atomic E-state index is 13.6. The molecule has 0 heterocycles. The van der Waals surface area contributed by atoms with Crippen molar-refractivity contribution in [1.82, 2.24) is 0 Å². The lowest BCUT2D eigenvalue weighted by Crippen LogP contribution is -2.54. The molecule has 0 bridgehead atoms. The Bertz CT molecular complexity index is 1020. The number of aliphatic hydroxyl groups is 1. The van der Waals surface area contributed by atoms with Crippen LogP contribution < -0.4 is 5.32 Å². The van der Waals surface area contributed by atoms with Crippen molar-refractivity contribution in [3.8, 4) is 6.07 Å². The zero-order valence-corrected chi connectivity index (χ0v) is 22.4. The van der Waals surface area contributed by atoms with Crippen LogP contribution in [0.3, 0.4) is 0 Å². The Kier molecular flexibility index (Phi) is 13.7. The number of carbonyl (C=O) groups excluding carboxylic acids is 1. The number of amides is 1. The largest absolute Gasteiger partial charge is 0.453 e. The highest BCUT2D eigenvalue weighted by molar-refractivity contribution is 7.99. The molecule has 1 rings (SSSR count). The molecule has 0 spiro atoms. The summed E-state index contributed by atoms with van der Waals surface area (Å²) in [5.74, 6) is -5.97. The second-order valence-corrected chi connectivity index (χ2v) is 10.5. The number of thioether (sulfide) groups is 1. The van der Waals surface area contributed by atoms with E-state index in [9.17, 15) is 58.2 Å². The van der Waals surface area contributed by atoms with E-state index >= 15 is 0 Å². The molecule has 1 amide bonds. The standard InChI is InChI=1S/C25H29F11N2O2S/c26-22(27,25(34,35)36)12-8-14-41-13-7-5-3-1-2-4-6-11-21(40,24(31,32)33)20(39)38-18-10-9-17(16-37)19(15-18)23(28,29)30/h9-10,15,40H,1-8,11-14H2,(H,38,39). The highest BCUT2D eigenvalue weighted by atomic mass is 32.2. The molecule has 4 nitrogen and oxygen atoms in total. The van der Waals surface area contributed by atoms with Gasteiger partial charge in [-0.1, -0.05) is 32.1 Å². The minimum absolute atomic E-state index is 0.149. The van der Waals surface area contributed by atoms with Crippen molar-refractivity contribution in [1.29, 1.82) is 5.26 Å². The first-order valence-electron chi connectivity index (χ1n) is 12.5. The van der Waals surface area contributed by atoms with Crippen molar-refractivity contribution >= 4 is 23.4 Å². The Morgan fingerprint density at radius 3 is 1.83 bits per heavy atom. The fraction of sp³-hybridized carbons (Fsp3) is 0.680. The predicted molar refractivity (Wildman–Crippen MR) is 130 cm³/mol. The van der Waals surface area contributed by atoms with E-state index in [1.165, 1.54) is 17.8 Å². The van der Waals surface area contributed by atoms with Gasteiger partial charge in [-0.05, 0) is 55.4 Å². The van der Waals surface area contributed by atoms with Crippen LogP contribution in [0.15, 0.2) is 18.2 Å². The number of nitriles is 1. The van der Waals surface area contributed by atoms with Crippen LogP contribution in [-0.2, 0) is 11.0 Å². The third-order valence-corrected chi connectivity index (χ3v) is 7.22. The molecule has 0 aliphatic carbocycles.